The fraction of sp³-hybridized carbons (Fsp3) is 0.400. The zero-order valence-electron chi connectivity index (χ0n) is 9.64. The van der Waals surface area contributed by atoms with Crippen molar-refractivity contribution in [1.82, 2.24) is 24.9 Å². The molecule has 2 rings (SSSR count). The number of hydrogen-bond donors (Lipinski definition) is 2. The zero-order chi connectivity index (χ0) is 13.0. The average Bonchev–Trinajstić information content (AvgIpc) is 2.77. The van der Waals surface area contributed by atoms with Crippen molar-refractivity contribution < 1.29 is 4.79 Å². The molecule has 96 valence electrons. The van der Waals surface area contributed by atoms with Gasteiger partial charge < -0.3 is 11.1 Å². The molecule has 0 radical (unpaired) electrons. The van der Waals surface area contributed by atoms with Gasteiger partial charge in [0.25, 0.3) is 11.7 Å². The van der Waals surface area contributed by atoms with Crippen molar-refractivity contribution in [3.63, 3.8) is 0 Å². The molecule has 0 unspecified atom stereocenters. The van der Waals surface area contributed by atoms with Gasteiger partial charge in [0.1, 0.15) is 0 Å². The minimum atomic E-state index is -0.298. The lowest BCUT2D eigenvalue weighted by Gasteiger charge is -2.00. The standard InChI is InChI=1S/C10H13BrN6O/c11-7-5-14-10-15-8(16-17(10)6-7)9(18)13-4-2-1-3-12/h5-6H,1-4,12H2,(H,13,18). The highest BCUT2D eigenvalue weighted by atomic mass is 79.9. The summed E-state index contributed by atoms with van der Waals surface area (Å²) in [6.45, 7) is 1.20. The number of carbonyl (C=O) groups excluding carboxylic acids is 1. The lowest BCUT2D eigenvalue weighted by molar-refractivity contribution is 0.0943. The van der Waals surface area contributed by atoms with Gasteiger partial charge in [-0.2, -0.15) is 4.98 Å². The Balaban J connectivity index is 2.04. The molecule has 0 bridgehead atoms. The first kappa shape index (κ1) is 12.9. The highest BCUT2D eigenvalue weighted by Gasteiger charge is 2.12. The van der Waals surface area contributed by atoms with Crippen LogP contribution in [0.3, 0.4) is 0 Å². The molecule has 18 heavy (non-hydrogen) atoms. The van der Waals surface area contributed by atoms with E-state index in [1.54, 1.807) is 12.4 Å². The van der Waals surface area contributed by atoms with Gasteiger partial charge in [0.15, 0.2) is 0 Å². The van der Waals surface area contributed by atoms with E-state index in [4.69, 9.17) is 5.73 Å². The van der Waals surface area contributed by atoms with Crippen LogP contribution in [0.25, 0.3) is 5.78 Å². The molecule has 0 aliphatic heterocycles. The number of rotatable bonds is 5. The van der Waals surface area contributed by atoms with E-state index < -0.39 is 0 Å². The molecule has 2 aromatic rings. The molecule has 0 atom stereocenters. The second-order valence-corrected chi connectivity index (χ2v) is 4.62. The van der Waals surface area contributed by atoms with E-state index in [-0.39, 0.29) is 11.7 Å². The van der Waals surface area contributed by atoms with E-state index in [0.717, 1.165) is 17.3 Å². The van der Waals surface area contributed by atoms with Crippen LogP contribution in [-0.4, -0.2) is 38.6 Å². The molecule has 0 aliphatic carbocycles. The van der Waals surface area contributed by atoms with Gasteiger partial charge >= 0.3 is 0 Å². The second kappa shape index (κ2) is 5.87. The van der Waals surface area contributed by atoms with Crippen LogP contribution >= 0.6 is 15.9 Å². The van der Waals surface area contributed by atoms with Gasteiger partial charge in [-0.1, -0.05) is 0 Å². The van der Waals surface area contributed by atoms with Gasteiger partial charge in [0.05, 0.1) is 4.47 Å². The first-order chi connectivity index (χ1) is 8.70. The van der Waals surface area contributed by atoms with Crippen LogP contribution in [0, 0.1) is 0 Å². The van der Waals surface area contributed by atoms with Crippen LogP contribution in [0.1, 0.15) is 23.5 Å². The molecule has 1 amide bonds. The number of carbonyl (C=O) groups is 1. The maximum atomic E-state index is 11.7. The predicted molar refractivity (Wildman–Crippen MR) is 69.1 cm³/mol. The highest BCUT2D eigenvalue weighted by Crippen LogP contribution is 2.07. The van der Waals surface area contributed by atoms with Crippen LogP contribution in [0.2, 0.25) is 0 Å². The van der Waals surface area contributed by atoms with E-state index in [1.807, 2.05) is 0 Å². The van der Waals surface area contributed by atoms with E-state index in [0.29, 0.717) is 18.9 Å². The number of nitrogens with one attached hydrogen (secondary N) is 1. The molecule has 2 heterocycles. The van der Waals surface area contributed by atoms with Crippen molar-refractivity contribution in [2.45, 2.75) is 12.8 Å². The number of nitrogens with zero attached hydrogens (tertiary/aromatic N) is 4. The Morgan fingerprint density at radius 3 is 3.11 bits per heavy atom. The van der Waals surface area contributed by atoms with Gasteiger partial charge in [-0.3, -0.25) is 4.79 Å². The summed E-state index contributed by atoms with van der Waals surface area (Å²) in [5.74, 6) is 0.215. The average molecular weight is 313 g/mol. The second-order valence-electron chi connectivity index (χ2n) is 3.70. The van der Waals surface area contributed by atoms with Crippen molar-refractivity contribution in [3.05, 3.63) is 22.7 Å². The van der Waals surface area contributed by atoms with Gasteiger partial charge in [0, 0.05) is 18.9 Å². The maximum absolute atomic E-state index is 11.7. The van der Waals surface area contributed by atoms with E-state index in [9.17, 15) is 4.79 Å². The van der Waals surface area contributed by atoms with Gasteiger partial charge in [-0.15, -0.1) is 5.10 Å². The van der Waals surface area contributed by atoms with Gasteiger partial charge in [0.2, 0.25) is 5.82 Å². The Bertz CT molecular complexity index is 554. The fourth-order valence-electron chi connectivity index (χ4n) is 1.41. The first-order valence-corrected chi connectivity index (χ1v) is 6.36. The third-order valence-corrected chi connectivity index (χ3v) is 2.69. The Kier molecular flexibility index (Phi) is 4.21. The number of unbranched alkanes of at least 4 members (excludes halogenated alkanes) is 1. The van der Waals surface area contributed by atoms with Crippen LogP contribution in [0.4, 0.5) is 0 Å². The lowest BCUT2D eigenvalue weighted by Crippen LogP contribution is -2.26. The van der Waals surface area contributed by atoms with Crippen molar-refractivity contribution in [2.75, 3.05) is 13.1 Å². The Morgan fingerprint density at radius 1 is 1.50 bits per heavy atom. The van der Waals surface area contributed by atoms with Crippen molar-refractivity contribution >= 4 is 27.6 Å². The Morgan fingerprint density at radius 2 is 2.33 bits per heavy atom. The smallest absolute Gasteiger partial charge is 0.291 e. The number of aromatic nitrogens is 4. The number of fused-ring (bicyclic) bond motifs is 1. The largest absolute Gasteiger partial charge is 0.349 e. The van der Waals surface area contributed by atoms with Crippen molar-refractivity contribution in [3.8, 4) is 0 Å². The Labute approximate surface area is 112 Å². The molecule has 0 aliphatic rings. The quantitative estimate of drug-likeness (QED) is 0.777. The molecule has 0 saturated heterocycles. The molecular weight excluding hydrogens is 300 g/mol. The summed E-state index contributed by atoms with van der Waals surface area (Å²) in [6, 6.07) is 0. The monoisotopic (exact) mass is 312 g/mol. The summed E-state index contributed by atoms with van der Waals surface area (Å²) < 4.78 is 2.23. The first-order valence-electron chi connectivity index (χ1n) is 5.57. The van der Waals surface area contributed by atoms with E-state index >= 15 is 0 Å². The molecule has 0 aromatic carbocycles. The van der Waals surface area contributed by atoms with E-state index in [1.165, 1.54) is 4.52 Å². The molecule has 0 fully saturated rings. The normalized spacial score (nSPS) is 10.8. The molecule has 2 aromatic heterocycles. The van der Waals surface area contributed by atoms with Gasteiger partial charge in [-0.25, -0.2) is 9.50 Å². The fourth-order valence-corrected chi connectivity index (χ4v) is 1.70. The summed E-state index contributed by atoms with van der Waals surface area (Å²) in [6.07, 6.45) is 5.03. The number of hydrogen-bond acceptors (Lipinski definition) is 5. The summed E-state index contributed by atoms with van der Waals surface area (Å²) in [4.78, 5) is 19.8. The SMILES string of the molecule is NCCCCNC(=O)c1nc2ncc(Br)cn2n1. The lowest BCUT2D eigenvalue weighted by atomic mass is 10.3. The van der Waals surface area contributed by atoms with Crippen LogP contribution in [0.15, 0.2) is 16.9 Å². The third kappa shape index (κ3) is 3.02. The topological polar surface area (TPSA) is 98.2 Å². The number of nitrogens with two attached hydrogens (primary N) is 1. The number of amides is 1. The van der Waals surface area contributed by atoms with Crippen LogP contribution < -0.4 is 11.1 Å². The summed E-state index contributed by atoms with van der Waals surface area (Å²) in [5.41, 5.74) is 5.37. The molecular formula is C10H13BrN6O. The maximum Gasteiger partial charge on any atom is 0.291 e. The summed E-state index contributed by atoms with van der Waals surface area (Å²) >= 11 is 3.27. The Hall–Kier alpha value is -1.54. The van der Waals surface area contributed by atoms with E-state index in [2.05, 4.69) is 36.3 Å². The van der Waals surface area contributed by atoms with Crippen molar-refractivity contribution in [1.29, 1.82) is 0 Å². The molecule has 0 saturated carbocycles. The highest BCUT2D eigenvalue weighted by molar-refractivity contribution is 9.10. The van der Waals surface area contributed by atoms with Gasteiger partial charge in [-0.05, 0) is 35.3 Å². The summed E-state index contributed by atoms with van der Waals surface area (Å²) in [7, 11) is 0. The predicted octanol–water partition coefficient (Wildman–Crippen LogP) is 0.356. The minimum Gasteiger partial charge on any atom is -0.349 e. The third-order valence-electron chi connectivity index (χ3n) is 2.28. The van der Waals surface area contributed by atoms with Crippen LogP contribution in [0.5, 0.6) is 0 Å². The summed E-state index contributed by atoms with van der Waals surface area (Å²) in [5, 5.41) is 6.79. The van der Waals surface area contributed by atoms with Crippen molar-refractivity contribution in [2.24, 2.45) is 5.73 Å². The molecule has 7 nitrogen and oxygen atoms in total. The van der Waals surface area contributed by atoms with Crippen LogP contribution in [-0.2, 0) is 0 Å². The molecule has 0 spiro atoms. The zero-order valence-corrected chi connectivity index (χ0v) is 11.2. The molecule has 8 heteroatoms. The number of halogens is 1. The minimum absolute atomic E-state index is 0.119. The molecule has 3 N–H and O–H groups in total.